The number of tetrazole rings is 1. The average molecular weight is 407 g/mol. The predicted octanol–water partition coefficient (Wildman–Crippen LogP) is 3.82. The van der Waals surface area contributed by atoms with E-state index in [0.717, 1.165) is 66.6 Å². The smallest absolute Gasteiger partial charge is 0.253 e. The molecule has 1 saturated heterocycles. The van der Waals surface area contributed by atoms with Crippen LogP contribution in [-0.4, -0.2) is 43.2 Å². The third-order valence-corrected chi connectivity index (χ3v) is 7.06. The maximum atomic E-state index is 13.3. The zero-order valence-electron chi connectivity index (χ0n) is 17.9. The van der Waals surface area contributed by atoms with E-state index in [1.807, 2.05) is 4.68 Å². The van der Waals surface area contributed by atoms with Crippen LogP contribution in [0.3, 0.4) is 0 Å². The van der Waals surface area contributed by atoms with Crippen molar-refractivity contribution in [1.82, 2.24) is 30.1 Å². The number of piperidine rings is 1. The molecule has 1 aliphatic carbocycles. The van der Waals surface area contributed by atoms with Crippen LogP contribution in [0.2, 0.25) is 0 Å². The van der Waals surface area contributed by atoms with E-state index in [9.17, 15) is 4.79 Å². The van der Waals surface area contributed by atoms with Crippen molar-refractivity contribution in [2.75, 3.05) is 13.1 Å². The number of H-pyrrole nitrogens is 1. The van der Waals surface area contributed by atoms with Gasteiger partial charge in [-0.3, -0.25) is 9.69 Å². The Labute approximate surface area is 176 Å². The van der Waals surface area contributed by atoms with Crippen LogP contribution >= 0.6 is 0 Å². The van der Waals surface area contributed by atoms with E-state index in [2.05, 4.69) is 57.5 Å². The molecule has 7 heteroatoms. The molecule has 3 aromatic rings. The van der Waals surface area contributed by atoms with Gasteiger partial charge in [0.2, 0.25) is 0 Å². The summed E-state index contributed by atoms with van der Waals surface area (Å²) >= 11 is 0. The number of fused-ring (bicyclic) bond motifs is 1. The molecule has 2 aromatic heterocycles. The molecule has 3 heterocycles. The summed E-state index contributed by atoms with van der Waals surface area (Å²) in [6.07, 6.45) is 8.18. The summed E-state index contributed by atoms with van der Waals surface area (Å²) in [5.41, 5.74) is 3.95. The zero-order valence-corrected chi connectivity index (χ0v) is 17.9. The van der Waals surface area contributed by atoms with Crippen LogP contribution in [0.4, 0.5) is 0 Å². The fraction of sp³-hybridized carbons (Fsp3) is 0.565. The number of benzene rings is 1. The van der Waals surface area contributed by atoms with E-state index in [4.69, 9.17) is 0 Å². The third-order valence-electron chi connectivity index (χ3n) is 7.06. The van der Waals surface area contributed by atoms with E-state index in [1.165, 1.54) is 24.8 Å². The number of hydrogen-bond acceptors (Lipinski definition) is 5. The minimum absolute atomic E-state index is 0.0345. The molecule has 30 heavy (non-hydrogen) atoms. The van der Waals surface area contributed by atoms with E-state index in [-0.39, 0.29) is 11.6 Å². The van der Waals surface area contributed by atoms with Crippen LogP contribution in [0.5, 0.6) is 0 Å². The summed E-state index contributed by atoms with van der Waals surface area (Å²) in [4.78, 5) is 18.9. The van der Waals surface area contributed by atoms with Crippen molar-refractivity contribution in [3.05, 3.63) is 51.1 Å². The zero-order chi connectivity index (χ0) is 20.7. The molecule has 2 fully saturated rings. The Morgan fingerprint density at radius 3 is 2.60 bits per heavy atom. The number of pyridine rings is 1. The second-order valence-corrected chi connectivity index (χ2v) is 8.94. The second kappa shape index (κ2) is 7.95. The Morgan fingerprint density at radius 2 is 1.83 bits per heavy atom. The number of nitrogens with one attached hydrogen (secondary N) is 1. The van der Waals surface area contributed by atoms with Crippen LogP contribution < -0.4 is 5.56 Å². The highest BCUT2D eigenvalue weighted by Gasteiger charge is 2.33. The van der Waals surface area contributed by atoms with Gasteiger partial charge in [0, 0.05) is 5.56 Å². The molecule has 1 aliphatic heterocycles. The first-order valence-corrected chi connectivity index (χ1v) is 11.3. The molecular weight excluding hydrogens is 376 g/mol. The lowest BCUT2D eigenvalue weighted by Gasteiger charge is -2.34. The van der Waals surface area contributed by atoms with Crippen LogP contribution in [0.1, 0.15) is 79.5 Å². The SMILES string of the molecule is Cc1ccc2cc(C(c3nnnn3C3CCCC3)N3CCCCC3)c(=O)[nH]c2c1C. The van der Waals surface area contributed by atoms with Crippen LogP contribution in [0.25, 0.3) is 10.9 Å². The molecule has 1 saturated carbocycles. The van der Waals surface area contributed by atoms with Gasteiger partial charge in [-0.05, 0) is 85.6 Å². The van der Waals surface area contributed by atoms with Crippen LogP contribution in [0.15, 0.2) is 23.0 Å². The predicted molar refractivity (Wildman–Crippen MR) is 117 cm³/mol. The fourth-order valence-corrected chi connectivity index (χ4v) is 5.21. The minimum atomic E-state index is -0.212. The normalized spacial score (nSPS) is 19.5. The van der Waals surface area contributed by atoms with Gasteiger partial charge in [-0.25, -0.2) is 4.68 Å². The van der Waals surface area contributed by atoms with Crippen molar-refractivity contribution in [3.63, 3.8) is 0 Å². The van der Waals surface area contributed by atoms with Crippen molar-refractivity contribution in [2.24, 2.45) is 0 Å². The highest BCUT2D eigenvalue weighted by Crippen LogP contribution is 2.35. The number of likely N-dealkylation sites (tertiary alicyclic amines) is 1. The number of rotatable bonds is 4. The van der Waals surface area contributed by atoms with Crippen molar-refractivity contribution in [3.8, 4) is 0 Å². The first-order chi connectivity index (χ1) is 14.6. The summed E-state index contributed by atoms with van der Waals surface area (Å²) in [5, 5.41) is 14.0. The average Bonchev–Trinajstić information content (AvgIpc) is 3.45. The van der Waals surface area contributed by atoms with Gasteiger partial charge in [-0.1, -0.05) is 31.4 Å². The lowest BCUT2D eigenvalue weighted by molar-refractivity contribution is 0.174. The summed E-state index contributed by atoms with van der Waals surface area (Å²) in [6, 6.07) is 6.42. The van der Waals surface area contributed by atoms with Gasteiger partial charge in [0.25, 0.3) is 5.56 Å². The van der Waals surface area contributed by atoms with Gasteiger partial charge in [0.1, 0.15) is 6.04 Å². The first-order valence-electron chi connectivity index (χ1n) is 11.3. The van der Waals surface area contributed by atoms with Crippen molar-refractivity contribution in [1.29, 1.82) is 0 Å². The molecule has 0 bridgehead atoms. The Hall–Kier alpha value is -2.54. The number of aromatic amines is 1. The van der Waals surface area contributed by atoms with Gasteiger partial charge in [-0.15, -0.1) is 5.10 Å². The molecule has 7 nitrogen and oxygen atoms in total. The number of nitrogens with zero attached hydrogens (tertiary/aromatic N) is 5. The van der Waals surface area contributed by atoms with Crippen molar-refractivity contribution in [2.45, 2.75) is 70.9 Å². The largest absolute Gasteiger partial charge is 0.321 e. The Kier molecular flexibility index (Phi) is 5.15. The van der Waals surface area contributed by atoms with Crippen LogP contribution in [-0.2, 0) is 0 Å². The van der Waals surface area contributed by atoms with Gasteiger partial charge in [0.05, 0.1) is 11.6 Å². The molecule has 1 aromatic carbocycles. The number of hydrogen-bond donors (Lipinski definition) is 1. The van der Waals surface area contributed by atoms with Crippen LogP contribution in [0, 0.1) is 13.8 Å². The molecule has 0 radical (unpaired) electrons. The van der Waals surface area contributed by atoms with Crippen molar-refractivity contribution < 1.29 is 0 Å². The highest BCUT2D eigenvalue weighted by molar-refractivity contribution is 5.83. The van der Waals surface area contributed by atoms with E-state index >= 15 is 0 Å². The molecular formula is C23H30N6O. The van der Waals surface area contributed by atoms with Gasteiger partial charge >= 0.3 is 0 Å². The van der Waals surface area contributed by atoms with Gasteiger partial charge in [-0.2, -0.15) is 0 Å². The molecule has 1 atom stereocenters. The standard InChI is InChI=1S/C23H30N6O/c1-15-10-11-17-14-19(23(30)24-20(17)16(15)2)21(28-12-6-3-7-13-28)22-25-26-27-29(22)18-8-4-5-9-18/h10-11,14,18,21H,3-9,12-13H2,1-2H3,(H,24,30). The fourth-order valence-electron chi connectivity index (χ4n) is 5.21. The van der Waals surface area contributed by atoms with Gasteiger partial charge < -0.3 is 4.98 Å². The summed E-state index contributed by atoms with van der Waals surface area (Å²) in [5.74, 6) is 0.817. The lowest BCUT2D eigenvalue weighted by Crippen LogP contribution is -2.38. The monoisotopic (exact) mass is 406 g/mol. The molecule has 0 amide bonds. The van der Waals surface area contributed by atoms with E-state index in [1.54, 1.807) is 0 Å². The third kappa shape index (κ3) is 3.35. The molecule has 5 rings (SSSR count). The highest BCUT2D eigenvalue weighted by atomic mass is 16.1. The van der Waals surface area contributed by atoms with Crippen molar-refractivity contribution >= 4 is 10.9 Å². The quantitative estimate of drug-likeness (QED) is 0.712. The lowest BCUT2D eigenvalue weighted by atomic mass is 9.98. The van der Waals surface area contributed by atoms with Gasteiger partial charge in [0.15, 0.2) is 5.82 Å². The topological polar surface area (TPSA) is 79.7 Å². The van der Waals surface area contributed by atoms with E-state index < -0.39 is 0 Å². The first kappa shape index (κ1) is 19.4. The Bertz CT molecular complexity index is 1100. The number of aryl methyl sites for hydroxylation is 2. The molecule has 2 aliphatic rings. The summed E-state index contributed by atoms with van der Waals surface area (Å²) < 4.78 is 2.01. The molecule has 0 spiro atoms. The van der Waals surface area contributed by atoms with E-state index in [0.29, 0.717) is 6.04 Å². The Morgan fingerprint density at radius 1 is 1.07 bits per heavy atom. The minimum Gasteiger partial charge on any atom is -0.321 e. The second-order valence-electron chi connectivity index (χ2n) is 8.94. The summed E-state index contributed by atoms with van der Waals surface area (Å²) in [7, 11) is 0. The molecule has 1 unspecified atom stereocenters. The maximum absolute atomic E-state index is 13.3. The maximum Gasteiger partial charge on any atom is 0.253 e. The molecule has 158 valence electrons. The number of aromatic nitrogens is 5. The molecule has 1 N–H and O–H groups in total. The summed E-state index contributed by atoms with van der Waals surface area (Å²) in [6.45, 7) is 6.07. The Balaban J connectivity index is 1.66.